The minimum absolute atomic E-state index is 0.269. The molecule has 2 aromatic rings. The second-order valence-electron chi connectivity index (χ2n) is 5.05. The van der Waals surface area contributed by atoms with Crippen molar-refractivity contribution >= 4 is 17.8 Å². The van der Waals surface area contributed by atoms with Gasteiger partial charge in [0.1, 0.15) is 28.8 Å². The molecule has 2 rings (SSSR count). The van der Waals surface area contributed by atoms with Gasteiger partial charge in [0, 0.05) is 0 Å². The molecule has 0 spiro atoms. The van der Waals surface area contributed by atoms with Gasteiger partial charge in [-0.2, -0.15) is 0 Å². The van der Waals surface area contributed by atoms with E-state index in [1.54, 1.807) is 0 Å². The van der Waals surface area contributed by atoms with Crippen molar-refractivity contribution in [2.24, 2.45) is 5.73 Å². The third kappa shape index (κ3) is 5.49. The molecule has 12 heteroatoms. The molecule has 0 saturated heterocycles. The number of carboxylic acids is 2. The quantitative estimate of drug-likeness (QED) is 0.470. The molecule has 1 amide bonds. The average Bonchev–Trinajstić information content (AvgIpc) is 2.61. The predicted molar refractivity (Wildman–Crippen MR) is 85.4 cm³/mol. The van der Waals surface area contributed by atoms with E-state index >= 15 is 0 Å². The maximum Gasteiger partial charge on any atom is 0.335 e. The van der Waals surface area contributed by atoms with E-state index in [2.05, 4.69) is 4.98 Å². The van der Waals surface area contributed by atoms with Gasteiger partial charge in [0.25, 0.3) is 5.91 Å². The Balaban J connectivity index is 0.000000336. The molecule has 6 N–H and O–H groups in total. The third-order valence-corrected chi connectivity index (χ3v) is 3.10. The highest BCUT2D eigenvalue weighted by molar-refractivity contribution is 5.91. The van der Waals surface area contributed by atoms with E-state index < -0.39 is 58.8 Å². The lowest BCUT2D eigenvalue weighted by molar-refractivity contribution is -0.165. The lowest BCUT2D eigenvalue weighted by atomic mass is 10.1. The maximum atomic E-state index is 13.5. The Morgan fingerprint density at radius 1 is 0.857 bits per heavy atom. The molecule has 0 radical (unpaired) electrons. The number of aliphatic hydroxyl groups excluding tert-OH is 2. The van der Waals surface area contributed by atoms with Gasteiger partial charge in [-0.1, -0.05) is 6.07 Å². The summed E-state index contributed by atoms with van der Waals surface area (Å²) < 4.78 is 40.5. The van der Waals surface area contributed by atoms with Gasteiger partial charge in [-0.25, -0.2) is 27.7 Å². The van der Waals surface area contributed by atoms with Crippen LogP contribution in [0, 0.1) is 17.5 Å². The Bertz CT molecular complexity index is 870. The second kappa shape index (κ2) is 9.43. The van der Waals surface area contributed by atoms with Crippen molar-refractivity contribution in [1.82, 2.24) is 4.98 Å². The van der Waals surface area contributed by atoms with Crippen LogP contribution >= 0.6 is 0 Å². The van der Waals surface area contributed by atoms with Gasteiger partial charge in [0.2, 0.25) is 0 Å². The molecule has 150 valence electrons. The van der Waals surface area contributed by atoms with Gasteiger partial charge in [-0.05, 0) is 24.3 Å². The number of carboxylic acid groups (broad SMARTS) is 2. The minimum Gasteiger partial charge on any atom is -0.479 e. The molecule has 9 nitrogen and oxygen atoms in total. The van der Waals surface area contributed by atoms with Crippen LogP contribution in [0.15, 0.2) is 30.3 Å². The van der Waals surface area contributed by atoms with Crippen molar-refractivity contribution in [3.05, 3.63) is 53.5 Å². The first-order valence-electron chi connectivity index (χ1n) is 7.19. The van der Waals surface area contributed by atoms with Crippen LogP contribution in [0.3, 0.4) is 0 Å². The lowest BCUT2D eigenvalue weighted by Gasteiger charge is -2.07. The summed E-state index contributed by atoms with van der Waals surface area (Å²) in [6.45, 7) is 0. The van der Waals surface area contributed by atoms with Crippen LogP contribution in [0.1, 0.15) is 10.5 Å². The number of hydrogen-bond acceptors (Lipinski definition) is 6. The molecule has 0 saturated carbocycles. The van der Waals surface area contributed by atoms with Gasteiger partial charge in [0.15, 0.2) is 12.2 Å². The summed E-state index contributed by atoms with van der Waals surface area (Å²) in [6, 6.07) is 5.01. The second-order valence-corrected chi connectivity index (χ2v) is 5.05. The Kier molecular flexibility index (Phi) is 7.59. The Morgan fingerprint density at radius 3 is 1.71 bits per heavy atom. The first kappa shape index (κ1) is 22.5. The van der Waals surface area contributed by atoms with E-state index in [9.17, 15) is 27.6 Å². The molecule has 0 unspecified atom stereocenters. The average molecular weight is 402 g/mol. The van der Waals surface area contributed by atoms with Crippen LogP contribution in [0.4, 0.5) is 13.2 Å². The van der Waals surface area contributed by atoms with Crippen molar-refractivity contribution in [3.63, 3.8) is 0 Å². The van der Waals surface area contributed by atoms with Gasteiger partial charge < -0.3 is 26.2 Å². The number of carbonyl (C=O) groups is 3. The largest absolute Gasteiger partial charge is 0.479 e. The van der Waals surface area contributed by atoms with Crippen LogP contribution in [0.2, 0.25) is 0 Å². The van der Waals surface area contributed by atoms with Crippen LogP contribution in [-0.4, -0.2) is 55.5 Å². The van der Waals surface area contributed by atoms with E-state index in [1.165, 1.54) is 0 Å². The zero-order valence-corrected chi connectivity index (χ0v) is 13.7. The first-order chi connectivity index (χ1) is 13.0. The van der Waals surface area contributed by atoms with Crippen molar-refractivity contribution in [2.75, 3.05) is 0 Å². The molecular formula is C16H13F3N2O7. The van der Waals surface area contributed by atoms with Crippen LogP contribution in [0.5, 0.6) is 0 Å². The predicted octanol–water partition coefficient (Wildman–Crippen LogP) is 0.142. The summed E-state index contributed by atoms with van der Waals surface area (Å²) in [5, 5.41) is 32.5. The van der Waals surface area contributed by atoms with E-state index in [4.69, 9.17) is 26.2 Å². The maximum absolute atomic E-state index is 13.5. The number of pyridine rings is 1. The summed E-state index contributed by atoms with van der Waals surface area (Å²) in [5.74, 6) is -7.33. The van der Waals surface area contributed by atoms with Crippen molar-refractivity contribution in [1.29, 1.82) is 0 Å². The first-order valence-corrected chi connectivity index (χ1v) is 7.19. The standard InChI is InChI=1S/C12H7F3N2O.C4H6O6/c13-6-2-1-3-7(14)10(6)11-8(15)4-5-9(17-11)12(16)18;5-1(3(7)8)2(6)4(9)10/h1-5H,(H2,16,18);1-2,5-6H,(H,7,8)(H,9,10)/t;1-,2-/m.1/s1. The van der Waals surface area contributed by atoms with Crippen molar-refractivity contribution in [3.8, 4) is 11.3 Å². The SMILES string of the molecule is NC(=O)c1ccc(F)c(-c2c(F)cccc2F)n1.O=C(O)[C@H](O)[C@@H](O)C(=O)O. The molecule has 28 heavy (non-hydrogen) atoms. The number of rotatable bonds is 5. The summed E-state index contributed by atoms with van der Waals surface area (Å²) in [5.41, 5.74) is 3.50. The molecule has 2 atom stereocenters. The molecule has 0 aliphatic heterocycles. The number of nitrogens with two attached hydrogens (primary N) is 1. The molecule has 1 heterocycles. The Hall–Kier alpha value is -3.51. The number of amides is 1. The molecule has 0 bridgehead atoms. The molecular weight excluding hydrogens is 389 g/mol. The van der Waals surface area contributed by atoms with Crippen molar-refractivity contribution < 1.29 is 48.0 Å². The monoisotopic (exact) mass is 402 g/mol. The number of benzene rings is 1. The molecule has 1 aromatic carbocycles. The lowest BCUT2D eigenvalue weighted by Crippen LogP contribution is -2.39. The zero-order valence-electron chi connectivity index (χ0n) is 13.7. The van der Waals surface area contributed by atoms with E-state index in [1.807, 2.05) is 0 Å². The van der Waals surface area contributed by atoms with Gasteiger partial charge >= 0.3 is 11.9 Å². The van der Waals surface area contributed by atoms with Gasteiger partial charge in [0.05, 0.1) is 5.56 Å². The summed E-state index contributed by atoms with van der Waals surface area (Å²) in [4.78, 5) is 34.0. The highest BCUT2D eigenvalue weighted by atomic mass is 19.1. The summed E-state index contributed by atoms with van der Waals surface area (Å²) >= 11 is 0. The highest BCUT2D eigenvalue weighted by Gasteiger charge is 2.29. The number of aliphatic carboxylic acids is 2. The number of aliphatic hydroxyl groups is 2. The minimum atomic E-state index is -2.27. The van der Waals surface area contributed by atoms with E-state index in [0.717, 1.165) is 30.3 Å². The summed E-state index contributed by atoms with van der Waals surface area (Å²) in [6.07, 6.45) is -4.53. The smallest absolute Gasteiger partial charge is 0.335 e. The number of nitrogens with zero attached hydrogens (tertiary/aromatic N) is 1. The fourth-order valence-electron chi connectivity index (χ4n) is 1.75. The number of halogens is 3. The Morgan fingerprint density at radius 2 is 1.32 bits per heavy atom. The fraction of sp³-hybridized carbons (Fsp3) is 0.125. The van der Waals surface area contributed by atoms with Gasteiger partial charge in [-0.15, -0.1) is 0 Å². The molecule has 0 aliphatic carbocycles. The van der Waals surface area contributed by atoms with E-state index in [-0.39, 0.29) is 5.69 Å². The summed E-state index contributed by atoms with van der Waals surface area (Å²) in [7, 11) is 0. The van der Waals surface area contributed by atoms with Gasteiger partial charge in [-0.3, -0.25) is 4.79 Å². The van der Waals surface area contributed by atoms with Crippen LogP contribution in [0.25, 0.3) is 11.3 Å². The van der Waals surface area contributed by atoms with E-state index in [0.29, 0.717) is 0 Å². The number of carbonyl (C=O) groups excluding carboxylic acids is 1. The number of primary amides is 1. The highest BCUT2D eigenvalue weighted by Crippen LogP contribution is 2.26. The third-order valence-electron chi connectivity index (χ3n) is 3.10. The molecule has 1 aromatic heterocycles. The number of hydrogen-bond donors (Lipinski definition) is 5. The zero-order chi connectivity index (χ0) is 21.6. The Labute approximate surface area is 154 Å². The van der Waals surface area contributed by atoms with Crippen molar-refractivity contribution in [2.45, 2.75) is 12.2 Å². The molecule has 0 aliphatic rings. The normalized spacial score (nSPS) is 12.3. The van der Waals surface area contributed by atoms with Crippen LogP contribution in [-0.2, 0) is 9.59 Å². The topological polar surface area (TPSA) is 171 Å². The van der Waals surface area contributed by atoms with Crippen LogP contribution < -0.4 is 5.73 Å². The fourth-order valence-corrected chi connectivity index (χ4v) is 1.75. The molecule has 0 fully saturated rings. The number of aromatic nitrogens is 1.